The lowest BCUT2D eigenvalue weighted by atomic mass is 9.66. The summed E-state index contributed by atoms with van der Waals surface area (Å²) in [5.74, 6) is 1.01. The predicted molar refractivity (Wildman–Crippen MR) is 53.1 cm³/mol. The molecule has 2 fully saturated rings. The lowest BCUT2D eigenvalue weighted by Gasteiger charge is -2.40. The normalized spacial score (nSPS) is 33.8. The minimum absolute atomic E-state index is 0.569. The Morgan fingerprint density at radius 1 is 1.08 bits per heavy atom. The van der Waals surface area contributed by atoms with Crippen LogP contribution in [0.25, 0.3) is 0 Å². The van der Waals surface area contributed by atoms with Crippen molar-refractivity contribution in [1.29, 1.82) is 0 Å². The smallest absolute Gasteiger partial charge is 0.0295 e. The van der Waals surface area contributed by atoms with E-state index < -0.39 is 0 Å². The Balaban J connectivity index is 1.98. The van der Waals surface area contributed by atoms with Gasteiger partial charge in [0.1, 0.15) is 0 Å². The second-order valence-electron chi connectivity index (χ2n) is 6.16. The molecule has 0 bridgehead atoms. The molecule has 2 saturated carbocycles. The molecule has 2 aliphatic rings. The van der Waals surface area contributed by atoms with E-state index in [1.165, 1.54) is 25.7 Å². The van der Waals surface area contributed by atoms with Crippen molar-refractivity contribution in [3.05, 3.63) is 0 Å². The van der Waals surface area contributed by atoms with Crippen molar-refractivity contribution in [3.8, 4) is 0 Å². The van der Waals surface area contributed by atoms with E-state index in [1.807, 2.05) is 0 Å². The van der Waals surface area contributed by atoms with E-state index in [0.29, 0.717) is 5.41 Å². The molecule has 12 heavy (non-hydrogen) atoms. The molecule has 2 rings (SSSR count). The minimum atomic E-state index is 0.569. The van der Waals surface area contributed by atoms with E-state index >= 15 is 0 Å². The van der Waals surface area contributed by atoms with E-state index in [0.717, 1.165) is 11.3 Å². The van der Waals surface area contributed by atoms with Crippen LogP contribution in [0.4, 0.5) is 0 Å². The van der Waals surface area contributed by atoms with Gasteiger partial charge in [0.05, 0.1) is 0 Å². The molecule has 2 aliphatic carbocycles. The van der Waals surface area contributed by atoms with Crippen LogP contribution in [0.3, 0.4) is 0 Å². The summed E-state index contributed by atoms with van der Waals surface area (Å²) in [7, 11) is 0. The predicted octanol–water partition coefficient (Wildman–Crippen LogP) is 4.00. The fraction of sp³-hybridized carbons (Fsp3) is 1.00. The van der Waals surface area contributed by atoms with Crippen LogP contribution in [0, 0.1) is 16.7 Å². The molecule has 1 spiro atoms. The van der Waals surface area contributed by atoms with Crippen molar-refractivity contribution < 1.29 is 0 Å². The quantitative estimate of drug-likeness (QED) is 0.510. The van der Waals surface area contributed by atoms with E-state index in [1.54, 1.807) is 12.8 Å². The van der Waals surface area contributed by atoms with E-state index in [-0.39, 0.29) is 0 Å². The van der Waals surface area contributed by atoms with Crippen LogP contribution in [-0.2, 0) is 0 Å². The molecule has 0 amide bonds. The second-order valence-corrected chi connectivity index (χ2v) is 6.16. The van der Waals surface area contributed by atoms with Gasteiger partial charge in [0, 0.05) is 0 Å². The molecule has 0 aromatic heterocycles. The van der Waals surface area contributed by atoms with Gasteiger partial charge in [0.25, 0.3) is 0 Å². The lowest BCUT2D eigenvalue weighted by Crippen LogP contribution is -2.27. The molecule has 0 nitrogen and oxygen atoms in total. The largest absolute Gasteiger partial charge is 0.0599 e. The van der Waals surface area contributed by atoms with E-state index in [9.17, 15) is 0 Å². The van der Waals surface area contributed by atoms with Crippen molar-refractivity contribution in [1.82, 2.24) is 0 Å². The fourth-order valence-corrected chi connectivity index (χ4v) is 3.08. The van der Waals surface area contributed by atoms with Gasteiger partial charge in [0.15, 0.2) is 0 Å². The molecule has 0 heteroatoms. The van der Waals surface area contributed by atoms with Crippen LogP contribution in [-0.4, -0.2) is 0 Å². The van der Waals surface area contributed by atoms with Crippen LogP contribution in [0.15, 0.2) is 0 Å². The molecule has 0 radical (unpaired) electrons. The van der Waals surface area contributed by atoms with Crippen LogP contribution in [0.2, 0.25) is 0 Å². The Morgan fingerprint density at radius 3 is 2.00 bits per heavy atom. The first-order chi connectivity index (χ1) is 5.52. The average Bonchev–Trinajstić information content (AvgIpc) is 2.26. The Bertz CT molecular complexity index is 169. The zero-order chi connectivity index (χ0) is 8.82. The molecular formula is C12H22. The highest BCUT2D eigenvalue weighted by atomic mass is 14.5. The summed E-state index contributed by atoms with van der Waals surface area (Å²) in [6, 6.07) is 0. The van der Waals surface area contributed by atoms with Gasteiger partial charge in [-0.1, -0.05) is 27.2 Å². The summed E-state index contributed by atoms with van der Waals surface area (Å²) >= 11 is 0. The van der Waals surface area contributed by atoms with Gasteiger partial charge >= 0.3 is 0 Å². The van der Waals surface area contributed by atoms with Crippen molar-refractivity contribution in [2.45, 2.75) is 59.3 Å². The van der Waals surface area contributed by atoms with Gasteiger partial charge in [0.2, 0.25) is 0 Å². The highest BCUT2D eigenvalue weighted by molar-refractivity contribution is 4.97. The third-order valence-corrected chi connectivity index (χ3v) is 4.34. The van der Waals surface area contributed by atoms with E-state index in [2.05, 4.69) is 20.8 Å². The van der Waals surface area contributed by atoms with Gasteiger partial charge in [-0.15, -0.1) is 0 Å². The molecule has 0 saturated heterocycles. The Morgan fingerprint density at radius 2 is 1.75 bits per heavy atom. The van der Waals surface area contributed by atoms with Crippen LogP contribution in [0.5, 0.6) is 0 Å². The standard InChI is InChI=1S/C12H22/c1-11(2,3)10-5-8-12(9-10)6-4-7-12/h10H,4-9H2,1-3H3. The molecular weight excluding hydrogens is 144 g/mol. The molecule has 0 aromatic carbocycles. The average molecular weight is 166 g/mol. The number of hydrogen-bond acceptors (Lipinski definition) is 0. The topological polar surface area (TPSA) is 0 Å². The van der Waals surface area contributed by atoms with Gasteiger partial charge in [-0.2, -0.15) is 0 Å². The zero-order valence-corrected chi connectivity index (χ0v) is 8.82. The van der Waals surface area contributed by atoms with Gasteiger partial charge in [-0.05, 0) is 48.9 Å². The maximum atomic E-state index is 2.41. The van der Waals surface area contributed by atoms with Crippen LogP contribution >= 0.6 is 0 Å². The van der Waals surface area contributed by atoms with Crippen molar-refractivity contribution in [2.24, 2.45) is 16.7 Å². The molecule has 1 unspecified atom stereocenters. The summed E-state index contributed by atoms with van der Waals surface area (Å²) in [6.45, 7) is 7.24. The SMILES string of the molecule is CC(C)(C)C1CCC2(CCC2)C1. The summed E-state index contributed by atoms with van der Waals surface area (Å²) in [4.78, 5) is 0. The van der Waals surface area contributed by atoms with Gasteiger partial charge < -0.3 is 0 Å². The summed E-state index contributed by atoms with van der Waals surface area (Å²) in [5, 5.41) is 0. The first-order valence-electron chi connectivity index (χ1n) is 5.52. The number of hydrogen-bond donors (Lipinski definition) is 0. The molecule has 0 heterocycles. The molecule has 70 valence electrons. The zero-order valence-electron chi connectivity index (χ0n) is 8.82. The van der Waals surface area contributed by atoms with E-state index in [4.69, 9.17) is 0 Å². The van der Waals surface area contributed by atoms with Gasteiger partial charge in [-0.25, -0.2) is 0 Å². The maximum absolute atomic E-state index is 2.41. The summed E-state index contributed by atoms with van der Waals surface area (Å²) < 4.78 is 0. The summed E-state index contributed by atoms with van der Waals surface area (Å²) in [6.07, 6.45) is 9.17. The highest BCUT2D eigenvalue weighted by Crippen LogP contribution is 2.58. The molecule has 0 aliphatic heterocycles. The number of rotatable bonds is 0. The third kappa shape index (κ3) is 1.30. The highest BCUT2D eigenvalue weighted by Gasteiger charge is 2.46. The molecule has 0 aromatic rings. The Labute approximate surface area is 76.7 Å². The van der Waals surface area contributed by atoms with Crippen LogP contribution < -0.4 is 0 Å². The second kappa shape index (κ2) is 2.49. The van der Waals surface area contributed by atoms with Crippen molar-refractivity contribution in [2.75, 3.05) is 0 Å². The minimum Gasteiger partial charge on any atom is -0.0599 e. The van der Waals surface area contributed by atoms with Crippen LogP contribution in [0.1, 0.15) is 59.3 Å². The third-order valence-electron chi connectivity index (χ3n) is 4.34. The van der Waals surface area contributed by atoms with Crippen molar-refractivity contribution in [3.63, 3.8) is 0 Å². The van der Waals surface area contributed by atoms with Crippen molar-refractivity contribution >= 4 is 0 Å². The first kappa shape index (κ1) is 8.59. The molecule has 0 N–H and O–H groups in total. The Kier molecular flexibility index (Phi) is 1.79. The first-order valence-corrected chi connectivity index (χ1v) is 5.52. The Hall–Kier alpha value is 0. The fourth-order valence-electron chi connectivity index (χ4n) is 3.08. The molecule has 1 atom stereocenters. The van der Waals surface area contributed by atoms with Gasteiger partial charge in [-0.3, -0.25) is 0 Å². The monoisotopic (exact) mass is 166 g/mol. The summed E-state index contributed by atoms with van der Waals surface area (Å²) in [5.41, 5.74) is 1.41. The maximum Gasteiger partial charge on any atom is -0.0295 e. The lowest BCUT2D eigenvalue weighted by molar-refractivity contribution is 0.119.